The number of carbonyl (C=O) groups excluding carboxylic acids is 2. The monoisotopic (exact) mass is 455 g/mol. The maximum absolute atomic E-state index is 12.5. The molecule has 0 aliphatic heterocycles. The molecule has 1 aromatic carbocycles. The highest BCUT2D eigenvalue weighted by atomic mass is 79.9. The average Bonchev–Trinajstić information content (AvgIpc) is 3.00. The van der Waals surface area contributed by atoms with Gasteiger partial charge in [-0.15, -0.1) is 11.3 Å². The number of hydrogen-bond donors (Lipinski definition) is 1. The van der Waals surface area contributed by atoms with Crippen LogP contribution in [-0.4, -0.2) is 31.0 Å². The second-order valence-corrected chi connectivity index (χ2v) is 8.61. The highest BCUT2D eigenvalue weighted by molar-refractivity contribution is 9.10. The van der Waals surface area contributed by atoms with Crippen LogP contribution in [0, 0.1) is 0 Å². The average molecular weight is 456 g/mol. The van der Waals surface area contributed by atoms with E-state index in [4.69, 9.17) is 4.74 Å². The van der Waals surface area contributed by atoms with Crippen LogP contribution in [0.1, 0.15) is 35.0 Å². The van der Waals surface area contributed by atoms with Gasteiger partial charge in [-0.3, -0.25) is 4.79 Å². The number of ether oxygens (including phenoxy) is 1. The van der Waals surface area contributed by atoms with Crippen LogP contribution in [0.15, 0.2) is 28.7 Å². The molecule has 0 saturated heterocycles. The van der Waals surface area contributed by atoms with Crippen LogP contribution in [0.3, 0.4) is 0 Å². The quantitative estimate of drug-likeness (QED) is 0.415. The highest BCUT2D eigenvalue weighted by Gasteiger charge is 2.25. The first-order chi connectivity index (χ1) is 12.5. The molecule has 1 aromatic heterocycles. The molecule has 2 rings (SSSR count). The van der Waals surface area contributed by atoms with Crippen molar-refractivity contribution in [2.45, 2.75) is 26.2 Å². The summed E-state index contributed by atoms with van der Waals surface area (Å²) in [5, 5.41) is 3.49. The molecule has 1 heterocycles. The maximum Gasteiger partial charge on any atom is 0.341 e. The van der Waals surface area contributed by atoms with E-state index in [2.05, 4.69) is 21.2 Å². The summed E-state index contributed by atoms with van der Waals surface area (Å²) in [5.41, 5.74) is 2.22. The van der Waals surface area contributed by atoms with Crippen molar-refractivity contribution in [3.8, 4) is 11.1 Å². The molecule has 0 aliphatic rings. The number of nitrogens with one attached hydrogen (secondary N) is 1. The van der Waals surface area contributed by atoms with Crippen molar-refractivity contribution >= 4 is 55.9 Å². The van der Waals surface area contributed by atoms with Crippen LogP contribution in [0.5, 0.6) is 0 Å². The number of methoxy groups -OCH3 is 1. The number of hydrogen-bond acceptors (Lipinski definition) is 5. The van der Waals surface area contributed by atoms with E-state index in [9.17, 15) is 9.59 Å². The van der Waals surface area contributed by atoms with Gasteiger partial charge in [0.15, 0.2) is 0 Å². The van der Waals surface area contributed by atoms with E-state index >= 15 is 0 Å². The molecule has 0 atom stereocenters. The summed E-state index contributed by atoms with van der Waals surface area (Å²) < 4.78 is 5.97. The summed E-state index contributed by atoms with van der Waals surface area (Å²) in [6, 6.07) is 7.80. The van der Waals surface area contributed by atoms with Crippen LogP contribution >= 0.6 is 39.0 Å². The van der Waals surface area contributed by atoms with Crippen LogP contribution < -0.4 is 5.32 Å². The Hall–Kier alpha value is -1.31. The summed E-state index contributed by atoms with van der Waals surface area (Å²) in [4.78, 5) is 25.8. The maximum atomic E-state index is 12.5. The van der Waals surface area contributed by atoms with Gasteiger partial charge in [0.1, 0.15) is 10.6 Å². The van der Waals surface area contributed by atoms with Crippen LogP contribution in [-0.2, 0) is 16.0 Å². The second-order valence-electron chi connectivity index (χ2n) is 5.60. The predicted molar refractivity (Wildman–Crippen MR) is 114 cm³/mol. The minimum Gasteiger partial charge on any atom is -0.465 e. The standard InChI is InChI=1S/C19H22BrNO3S2/c1-4-14-16(12-7-9-13(20)10-8-12)17(19(23)24-2)18(26-14)21-15(22)6-5-11-25-3/h7-10H,4-6,11H2,1-3H3,(H,21,22). The molecule has 0 bridgehead atoms. The fourth-order valence-corrected chi connectivity index (χ4v) is 4.46. The summed E-state index contributed by atoms with van der Waals surface area (Å²) in [7, 11) is 1.36. The van der Waals surface area contributed by atoms with E-state index < -0.39 is 5.97 Å². The number of amides is 1. The lowest BCUT2D eigenvalue weighted by Gasteiger charge is -2.08. The summed E-state index contributed by atoms with van der Waals surface area (Å²) in [6.45, 7) is 2.04. The Morgan fingerprint density at radius 1 is 1.27 bits per heavy atom. The first-order valence-corrected chi connectivity index (χ1v) is 11.3. The number of thioether (sulfide) groups is 1. The van der Waals surface area contributed by atoms with Crippen molar-refractivity contribution in [3.63, 3.8) is 0 Å². The van der Waals surface area contributed by atoms with Crippen molar-refractivity contribution < 1.29 is 14.3 Å². The Morgan fingerprint density at radius 2 is 1.96 bits per heavy atom. The van der Waals surface area contributed by atoms with Crippen molar-refractivity contribution in [1.82, 2.24) is 0 Å². The van der Waals surface area contributed by atoms with Gasteiger partial charge < -0.3 is 10.1 Å². The molecule has 0 aliphatic carbocycles. The Labute approximate surface area is 170 Å². The number of benzene rings is 1. The van der Waals surface area contributed by atoms with Gasteiger partial charge in [0.2, 0.25) is 5.91 Å². The molecule has 1 N–H and O–H groups in total. The summed E-state index contributed by atoms with van der Waals surface area (Å²) in [5.74, 6) is 0.431. The normalized spacial score (nSPS) is 10.6. The van der Waals surface area contributed by atoms with Gasteiger partial charge in [-0.1, -0.05) is 35.0 Å². The molecule has 0 fully saturated rings. The van der Waals surface area contributed by atoms with Crippen molar-refractivity contribution in [2.75, 3.05) is 24.4 Å². The smallest absolute Gasteiger partial charge is 0.341 e. The van der Waals surface area contributed by atoms with Crippen LogP contribution in [0.2, 0.25) is 0 Å². The van der Waals surface area contributed by atoms with Gasteiger partial charge >= 0.3 is 5.97 Å². The lowest BCUT2D eigenvalue weighted by atomic mass is 10.00. The van der Waals surface area contributed by atoms with E-state index in [1.54, 1.807) is 11.8 Å². The zero-order chi connectivity index (χ0) is 19.1. The van der Waals surface area contributed by atoms with Crippen LogP contribution in [0.4, 0.5) is 5.00 Å². The molecule has 2 aromatic rings. The number of halogens is 1. The number of anilines is 1. The molecular weight excluding hydrogens is 434 g/mol. The Morgan fingerprint density at radius 3 is 2.54 bits per heavy atom. The fraction of sp³-hybridized carbons (Fsp3) is 0.368. The first kappa shape index (κ1) is 21.0. The molecule has 7 heteroatoms. The van der Waals surface area contributed by atoms with E-state index in [1.807, 2.05) is 37.4 Å². The predicted octanol–water partition coefficient (Wildman–Crippen LogP) is 5.61. The molecule has 0 unspecified atom stereocenters. The second kappa shape index (κ2) is 10.1. The zero-order valence-corrected chi connectivity index (χ0v) is 18.3. The Balaban J connectivity index is 2.43. The first-order valence-electron chi connectivity index (χ1n) is 8.30. The number of thiophene rings is 1. The molecule has 0 radical (unpaired) electrons. The van der Waals surface area contributed by atoms with Gasteiger partial charge in [0.25, 0.3) is 0 Å². The molecule has 0 saturated carbocycles. The Kier molecular flexibility index (Phi) is 8.18. The third-order valence-electron chi connectivity index (χ3n) is 3.83. The lowest BCUT2D eigenvalue weighted by molar-refractivity contribution is -0.116. The SMILES string of the molecule is CCc1sc(NC(=O)CCCSC)c(C(=O)OC)c1-c1ccc(Br)cc1. The number of esters is 1. The molecule has 26 heavy (non-hydrogen) atoms. The van der Waals surface area contributed by atoms with Gasteiger partial charge in [-0.05, 0) is 42.5 Å². The number of rotatable bonds is 8. The third-order valence-corrected chi connectivity index (χ3v) is 6.31. The van der Waals surface area contributed by atoms with E-state index in [-0.39, 0.29) is 5.91 Å². The van der Waals surface area contributed by atoms with Crippen LogP contribution in [0.25, 0.3) is 11.1 Å². The van der Waals surface area contributed by atoms with Crippen molar-refractivity contribution in [2.24, 2.45) is 0 Å². The molecule has 0 spiro atoms. The number of aryl methyl sites for hydroxylation is 1. The lowest BCUT2D eigenvalue weighted by Crippen LogP contribution is -2.14. The summed E-state index contributed by atoms with van der Waals surface area (Å²) in [6.07, 6.45) is 4.04. The summed E-state index contributed by atoms with van der Waals surface area (Å²) >= 11 is 6.60. The number of carbonyl (C=O) groups is 2. The van der Waals surface area contributed by atoms with Gasteiger partial charge in [-0.25, -0.2) is 4.79 Å². The fourth-order valence-electron chi connectivity index (χ4n) is 2.60. The van der Waals surface area contributed by atoms with Crippen molar-refractivity contribution in [3.05, 3.63) is 39.2 Å². The van der Waals surface area contributed by atoms with Gasteiger partial charge in [0.05, 0.1) is 7.11 Å². The van der Waals surface area contributed by atoms with Gasteiger partial charge in [0, 0.05) is 21.3 Å². The highest BCUT2D eigenvalue weighted by Crippen LogP contribution is 2.41. The van der Waals surface area contributed by atoms with Crippen molar-refractivity contribution in [1.29, 1.82) is 0 Å². The van der Waals surface area contributed by atoms with E-state index in [0.717, 1.165) is 39.1 Å². The minimum atomic E-state index is -0.432. The topological polar surface area (TPSA) is 55.4 Å². The minimum absolute atomic E-state index is 0.0736. The molecule has 1 amide bonds. The molecule has 4 nitrogen and oxygen atoms in total. The Bertz CT molecular complexity index is 772. The largest absolute Gasteiger partial charge is 0.465 e. The third kappa shape index (κ3) is 5.11. The molecule has 140 valence electrons. The van der Waals surface area contributed by atoms with E-state index in [0.29, 0.717) is 17.0 Å². The molecular formula is C19H22BrNO3S2. The van der Waals surface area contributed by atoms with Gasteiger partial charge in [-0.2, -0.15) is 11.8 Å². The van der Waals surface area contributed by atoms with E-state index in [1.165, 1.54) is 18.4 Å². The zero-order valence-electron chi connectivity index (χ0n) is 15.1.